The molecule has 0 radical (unpaired) electrons. The number of likely N-dealkylation sites (N-methyl/N-ethyl adjacent to an activating group) is 1. The number of anilines is 1. The Labute approximate surface area is 143 Å². The third-order valence-corrected chi connectivity index (χ3v) is 8.46. The fourth-order valence-corrected chi connectivity index (χ4v) is 7.88. The van der Waals surface area contributed by atoms with Crippen LogP contribution in [0.15, 0.2) is 24.3 Å². The first-order valence-corrected chi connectivity index (χ1v) is 9.57. The Kier molecular flexibility index (Phi) is 2.45. The van der Waals surface area contributed by atoms with Gasteiger partial charge in [0.1, 0.15) is 6.23 Å². The molecule has 4 saturated heterocycles. The van der Waals surface area contributed by atoms with Crippen molar-refractivity contribution >= 4 is 5.69 Å². The molecule has 24 heavy (non-hydrogen) atoms. The molecule has 7 rings (SSSR count). The topological polar surface area (TPSA) is 46.9 Å². The molecule has 5 heterocycles. The van der Waals surface area contributed by atoms with Crippen molar-refractivity contribution in [2.45, 2.75) is 62.1 Å². The number of hydrogen-bond donors (Lipinski definition) is 2. The predicted molar refractivity (Wildman–Crippen MR) is 91.7 cm³/mol. The first kappa shape index (κ1) is 14.1. The van der Waals surface area contributed by atoms with Gasteiger partial charge in [-0.3, -0.25) is 4.90 Å². The summed E-state index contributed by atoms with van der Waals surface area (Å²) in [5, 5.41) is 22.6. The van der Waals surface area contributed by atoms with Crippen LogP contribution < -0.4 is 4.90 Å². The molecule has 4 heteroatoms. The summed E-state index contributed by atoms with van der Waals surface area (Å²) < 4.78 is 0. The van der Waals surface area contributed by atoms with Crippen molar-refractivity contribution in [3.05, 3.63) is 29.8 Å². The third kappa shape index (κ3) is 1.20. The Morgan fingerprint density at radius 1 is 1.21 bits per heavy atom. The molecule has 1 saturated carbocycles. The molecule has 0 aromatic heterocycles. The van der Waals surface area contributed by atoms with E-state index in [4.69, 9.17) is 0 Å². The summed E-state index contributed by atoms with van der Waals surface area (Å²) in [6.07, 6.45) is 2.56. The van der Waals surface area contributed by atoms with E-state index in [-0.39, 0.29) is 17.7 Å². The van der Waals surface area contributed by atoms with Crippen LogP contribution in [0.4, 0.5) is 5.69 Å². The quantitative estimate of drug-likeness (QED) is 0.822. The standard InChI is InChI=1S/C20H26N2O2/c1-3-10-11-8-14-17-20(12-6-4-5-7-13(12)21(17)2)9-15(16(11)18(20)23)22(14)19(10)24/h4-7,10-11,14-19,23-24H,3,8-9H2,1-2H3/t10-,11-,14-,15-,16-,17-,18+,19+,20-/m1/s1. The number of para-hydroxylation sites is 1. The number of benzene rings is 1. The van der Waals surface area contributed by atoms with E-state index in [9.17, 15) is 10.2 Å². The van der Waals surface area contributed by atoms with E-state index >= 15 is 0 Å². The molecule has 10 atom stereocenters. The summed E-state index contributed by atoms with van der Waals surface area (Å²) in [7, 11) is 2.19. The Balaban J connectivity index is 1.60. The van der Waals surface area contributed by atoms with Crippen LogP contribution in [0.3, 0.4) is 0 Å². The molecule has 1 aliphatic carbocycles. The van der Waals surface area contributed by atoms with Gasteiger partial charge in [-0.1, -0.05) is 25.1 Å². The zero-order chi connectivity index (χ0) is 16.4. The lowest BCUT2D eigenvalue weighted by Crippen LogP contribution is -2.72. The van der Waals surface area contributed by atoms with E-state index in [1.54, 1.807) is 0 Å². The number of hydrogen-bond acceptors (Lipinski definition) is 4. The predicted octanol–water partition coefficient (Wildman–Crippen LogP) is 1.55. The summed E-state index contributed by atoms with van der Waals surface area (Å²) in [6, 6.07) is 9.70. The molecule has 1 spiro atoms. The molecule has 1 aromatic rings. The molecule has 2 N–H and O–H groups in total. The normalized spacial score (nSPS) is 55.8. The highest BCUT2D eigenvalue weighted by atomic mass is 16.3. The molecule has 0 amide bonds. The van der Waals surface area contributed by atoms with Gasteiger partial charge < -0.3 is 15.1 Å². The third-order valence-electron chi connectivity index (χ3n) is 8.46. The maximum Gasteiger partial charge on any atom is 0.111 e. The van der Waals surface area contributed by atoms with Gasteiger partial charge in [0.2, 0.25) is 0 Å². The Morgan fingerprint density at radius 3 is 2.79 bits per heavy atom. The van der Waals surface area contributed by atoms with E-state index in [1.807, 2.05) is 0 Å². The van der Waals surface area contributed by atoms with Crippen LogP contribution in [-0.2, 0) is 5.41 Å². The minimum atomic E-state index is -0.319. The van der Waals surface area contributed by atoms with Crippen molar-refractivity contribution in [1.29, 1.82) is 0 Å². The van der Waals surface area contributed by atoms with Gasteiger partial charge in [0.05, 0.1) is 12.1 Å². The Morgan fingerprint density at radius 2 is 2.00 bits per heavy atom. The highest BCUT2D eigenvalue weighted by Gasteiger charge is 2.76. The van der Waals surface area contributed by atoms with Crippen molar-refractivity contribution in [2.75, 3.05) is 11.9 Å². The van der Waals surface area contributed by atoms with Crippen LogP contribution in [0.2, 0.25) is 0 Å². The fraction of sp³-hybridized carbons (Fsp3) is 0.700. The van der Waals surface area contributed by atoms with Crippen LogP contribution in [-0.4, -0.2) is 52.6 Å². The summed E-state index contributed by atoms with van der Waals surface area (Å²) in [5.41, 5.74) is 2.51. The first-order chi connectivity index (χ1) is 11.6. The lowest BCUT2D eigenvalue weighted by Gasteiger charge is -2.62. The average Bonchev–Trinajstić information content (AvgIpc) is 2.97. The largest absolute Gasteiger partial charge is 0.392 e. The Bertz CT molecular complexity index is 723. The minimum absolute atomic E-state index is 0.126. The molecular weight excluding hydrogens is 300 g/mol. The lowest BCUT2D eigenvalue weighted by atomic mass is 9.62. The molecule has 128 valence electrons. The van der Waals surface area contributed by atoms with Crippen LogP contribution in [0.5, 0.6) is 0 Å². The highest BCUT2D eigenvalue weighted by Crippen LogP contribution is 2.68. The number of aliphatic hydroxyl groups excluding tert-OH is 2. The zero-order valence-corrected chi connectivity index (χ0v) is 14.3. The van der Waals surface area contributed by atoms with E-state index in [1.165, 1.54) is 11.3 Å². The second-order valence-electron chi connectivity index (χ2n) is 8.81. The van der Waals surface area contributed by atoms with Crippen LogP contribution in [0.25, 0.3) is 0 Å². The first-order valence-electron chi connectivity index (χ1n) is 9.57. The van der Waals surface area contributed by atoms with E-state index < -0.39 is 0 Å². The summed E-state index contributed by atoms with van der Waals surface area (Å²) in [4.78, 5) is 4.83. The van der Waals surface area contributed by atoms with Crippen molar-refractivity contribution < 1.29 is 10.2 Å². The van der Waals surface area contributed by atoms with Gasteiger partial charge in [-0.25, -0.2) is 0 Å². The van der Waals surface area contributed by atoms with Crippen molar-refractivity contribution in [1.82, 2.24) is 4.90 Å². The molecule has 5 fully saturated rings. The number of fused-ring (bicyclic) bond motifs is 2. The summed E-state index contributed by atoms with van der Waals surface area (Å²) in [5.74, 6) is 1.14. The number of piperidine rings is 4. The van der Waals surface area contributed by atoms with Gasteiger partial charge in [0.25, 0.3) is 0 Å². The molecule has 1 unspecified atom stereocenters. The van der Waals surface area contributed by atoms with Gasteiger partial charge in [-0.2, -0.15) is 0 Å². The molecule has 6 aliphatic rings. The molecular formula is C20H26N2O2. The van der Waals surface area contributed by atoms with Crippen LogP contribution in [0, 0.1) is 17.8 Å². The van der Waals surface area contributed by atoms with Gasteiger partial charge in [-0.15, -0.1) is 0 Å². The van der Waals surface area contributed by atoms with E-state index in [0.29, 0.717) is 35.9 Å². The van der Waals surface area contributed by atoms with Crippen molar-refractivity contribution in [2.24, 2.45) is 17.8 Å². The Hall–Kier alpha value is -1.10. The van der Waals surface area contributed by atoms with Gasteiger partial charge in [0.15, 0.2) is 0 Å². The average molecular weight is 326 g/mol. The lowest BCUT2D eigenvalue weighted by molar-refractivity contribution is -0.211. The molecule has 4 nitrogen and oxygen atoms in total. The minimum Gasteiger partial charge on any atom is -0.392 e. The number of rotatable bonds is 1. The smallest absolute Gasteiger partial charge is 0.111 e. The van der Waals surface area contributed by atoms with E-state index in [0.717, 1.165) is 19.3 Å². The van der Waals surface area contributed by atoms with Gasteiger partial charge in [-0.05, 0) is 36.8 Å². The monoisotopic (exact) mass is 326 g/mol. The van der Waals surface area contributed by atoms with Crippen LogP contribution in [0.1, 0.15) is 31.7 Å². The maximum atomic E-state index is 11.6. The number of aliphatic hydroxyl groups is 2. The highest BCUT2D eigenvalue weighted by molar-refractivity contribution is 5.67. The van der Waals surface area contributed by atoms with Crippen molar-refractivity contribution in [3.8, 4) is 0 Å². The SMILES string of the molecule is CC[C@@H]1[C@H]2C[C@@H]3[C@H]4N(C)c5ccccc5[C@]45C[C@H]([C@@H]2[C@@H]5O)N3[C@H]1O. The molecule has 1 aromatic carbocycles. The summed E-state index contributed by atoms with van der Waals surface area (Å²) in [6.45, 7) is 2.19. The van der Waals surface area contributed by atoms with Gasteiger partial charge >= 0.3 is 0 Å². The summed E-state index contributed by atoms with van der Waals surface area (Å²) >= 11 is 0. The van der Waals surface area contributed by atoms with E-state index in [2.05, 4.69) is 48.0 Å². The van der Waals surface area contributed by atoms with Crippen molar-refractivity contribution in [3.63, 3.8) is 0 Å². The fourth-order valence-electron chi connectivity index (χ4n) is 7.88. The zero-order valence-electron chi connectivity index (χ0n) is 14.3. The van der Waals surface area contributed by atoms with Gasteiger partial charge in [0, 0.05) is 42.1 Å². The molecule has 5 aliphatic heterocycles. The number of nitrogens with zero attached hydrogens (tertiary/aromatic N) is 2. The second-order valence-corrected chi connectivity index (χ2v) is 8.81. The van der Waals surface area contributed by atoms with Crippen LogP contribution >= 0.6 is 0 Å². The second kappa shape index (κ2) is 4.17. The maximum absolute atomic E-state index is 11.6. The molecule has 5 bridgehead atoms.